The fourth-order valence-corrected chi connectivity index (χ4v) is 2.14. The summed E-state index contributed by atoms with van der Waals surface area (Å²) in [7, 11) is 3.36. The zero-order valence-electron chi connectivity index (χ0n) is 10.2. The van der Waals surface area contributed by atoms with Gasteiger partial charge < -0.3 is 15.2 Å². The lowest BCUT2D eigenvalue weighted by Gasteiger charge is -2.13. The van der Waals surface area contributed by atoms with E-state index < -0.39 is 0 Å². The highest BCUT2D eigenvalue weighted by atomic mass is 16.5. The summed E-state index contributed by atoms with van der Waals surface area (Å²) in [6.45, 7) is 0.604. The summed E-state index contributed by atoms with van der Waals surface area (Å²) in [5.74, 6) is 1.76. The minimum atomic E-state index is 0.604. The Morgan fingerprint density at radius 1 is 0.941 bits per heavy atom. The number of hydrogen-bond donors (Lipinski definition) is 1. The molecule has 0 saturated carbocycles. The number of benzene rings is 2. The van der Waals surface area contributed by atoms with Gasteiger partial charge in [0, 0.05) is 10.9 Å². The van der Waals surface area contributed by atoms with Gasteiger partial charge in [-0.3, -0.25) is 0 Å². The Labute approximate surface area is 101 Å². The zero-order chi connectivity index (χ0) is 12.3. The number of rotatable bonds is 4. The van der Waals surface area contributed by atoms with E-state index in [4.69, 9.17) is 15.2 Å². The van der Waals surface area contributed by atoms with Crippen LogP contribution in [0.2, 0.25) is 0 Å². The number of nitrogens with two attached hydrogens (primary N) is 1. The van der Waals surface area contributed by atoms with Gasteiger partial charge in [-0.2, -0.15) is 0 Å². The van der Waals surface area contributed by atoms with Gasteiger partial charge in [0.05, 0.1) is 14.2 Å². The average Bonchev–Trinajstić information content (AvgIpc) is 2.38. The van der Waals surface area contributed by atoms with E-state index in [-0.39, 0.29) is 0 Å². The molecule has 0 aromatic heterocycles. The third-order valence-corrected chi connectivity index (χ3v) is 2.92. The quantitative estimate of drug-likeness (QED) is 0.878. The summed E-state index contributed by atoms with van der Waals surface area (Å²) in [6, 6.07) is 10.0. The zero-order valence-corrected chi connectivity index (χ0v) is 10.2. The molecule has 3 nitrogen and oxygen atoms in total. The van der Waals surface area contributed by atoms with Crippen LogP contribution in [-0.4, -0.2) is 20.8 Å². The number of ether oxygens (including phenoxy) is 2. The Morgan fingerprint density at radius 3 is 2.35 bits per heavy atom. The maximum absolute atomic E-state index is 5.66. The van der Waals surface area contributed by atoms with Gasteiger partial charge in [-0.25, -0.2) is 0 Å². The van der Waals surface area contributed by atoms with E-state index in [1.807, 2.05) is 24.3 Å². The van der Waals surface area contributed by atoms with Gasteiger partial charge in [0.1, 0.15) is 11.5 Å². The van der Waals surface area contributed by atoms with Gasteiger partial charge >= 0.3 is 0 Å². The van der Waals surface area contributed by atoms with Crippen molar-refractivity contribution in [2.45, 2.75) is 6.42 Å². The summed E-state index contributed by atoms with van der Waals surface area (Å²) in [5, 5.41) is 2.24. The molecule has 2 aromatic carbocycles. The van der Waals surface area contributed by atoms with Crippen LogP contribution in [0.15, 0.2) is 30.3 Å². The molecule has 0 heterocycles. The Kier molecular flexibility index (Phi) is 3.49. The molecule has 0 spiro atoms. The molecule has 2 N–H and O–H groups in total. The second-order valence-corrected chi connectivity index (χ2v) is 3.84. The first kappa shape index (κ1) is 11.7. The summed E-state index contributed by atoms with van der Waals surface area (Å²) < 4.78 is 10.7. The monoisotopic (exact) mass is 231 g/mol. The van der Waals surface area contributed by atoms with Crippen molar-refractivity contribution in [1.29, 1.82) is 0 Å². The predicted octanol–water partition coefficient (Wildman–Crippen LogP) is 2.36. The molecule has 0 atom stereocenters. The molecule has 0 radical (unpaired) electrons. The van der Waals surface area contributed by atoms with Crippen molar-refractivity contribution < 1.29 is 9.47 Å². The molecule has 0 fully saturated rings. The van der Waals surface area contributed by atoms with Crippen LogP contribution in [0.25, 0.3) is 10.8 Å². The third-order valence-electron chi connectivity index (χ3n) is 2.92. The number of fused-ring (bicyclic) bond motifs is 1. The van der Waals surface area contributed by atoms with Crippen LogP contribution < -0.4 is 15.2 Å². The average molecular weight is 231 g/mol. The number of methoxy groups -OCH3 is 2. The highest BCUT2D eigenvalue weighted by Gasteiger charge is 2.10. The van der Waals surface area contributed by atoms with E-state index in [1.165, 1.54) is 0 Å². The molecule has 0 aliphatic rings. The highest BCUT2D eigenvalue weighted by molar-refractivity contribution is 5.92. The molecule has 90 valence electrons. The Hall–Kier alpha value is -1.74. The van der Waals surface area contributed by atoms with Gasteiger partial charge in [-0.15, -0.1) is 0 Å². The minimum absolute atomic E-state index is 0.604. The van der Waals surface area contributed by atoms with E-state index in [9.17, 15) is 0 Å². The lowest BCUT2D eigenvalue weighted by Crippen LogP contribution is -2.05. The molecule has 0 aliphatic carbocycles. The first-order chi connectivity index (χ1) is 8.31. The first-order valence-corrected chi connectivity index (χ1v) is 5.64. The molecule has 0 bridgehead atoms. The van der Waals surface area contributed by atoms with Gasteiger partial charge in [-0.1, -0.05) is 12.1 Å². The SMILES string of the molecule is COc1ccc2c(OC)cccc2c1CCN. The second kappa shape index (κ2) is 5.06. The fraction of sp³-hybridized carbons (Fsp3) is 0.286. The van der Waals surface area contributed by atoms with Crippen LogP contribution in [0.4, 0.5) is 0 Å². The lowest BCUT2D eigenvalue weighted by molar-refractivity contribution is 0.410. The van der Waals surface area contributed by atoms with Crippen molar-refractivity contribution >= 4 is 10.8 Å². The smallest absolute Gasteiger partial charge is 0.126 e. The van der Waals surface area contributed by atoms with E-state index >= 15 is 0 Å². The third kappa shape index (κ3) is 2.06. The maximum Gasteiger partial charge on any atom is 0.126 e. The molecule has 0 amide bonds. The molecular weight excluding hydrogens is 214 g/mol. The van der Waals surface area contributed by atoms with Gasteiger partial charge in [0.25, 0.3) is 0 Å². The molecule has 17 heavy (non-hydrogen) atoms. The largest absolute Gasteiger partial charge is 0.496 e. The van der Waals surface area contributed by atoms with Crippen LogP contribution in [0.3, 0.4) is 0 Å². The van der Waals surface area contributed by atoms with Gasteiger partial charge in [0.15, 0.2) is 0 Å². The topological polar surface area (TPSA) is 44.5 Å². The number of hydrogen-bond acceptors (Lipinski definition) is 3. The molecule has 0 unspecified atom stereocenters. The van der Waals surface area contributed by atoms with Crippen LogP contribution in [-0.2, 0) is 6.42 Å². The lowest BCUT2D eigenvalue weighted by atomic mass is 10.0. The van der Waals surface area contributed by atoms with Crippen LogP contribution >= 0.6 is 0 Å². The van der Waals surface area contributed by atoms with Crippen molar-refractivity contribution in [2.75, 3.05) is 20.8 Å². The predicted molar refractivity (Wildman–Crippen MR) is 69.8 cm³/mol. The molecular formula is C14H17NO2. The molecule has 0 saturated heterocycles. The van der Waals surface area contributed by atoms with Crippen LogP contribution in [0.5, 0.6) is 11.5 Å². The Bertz CT molecular complexity index is 523. The molecule has 2 rings (SSSR count). The van der Waals surface area contributed by atoms with Crippen molar-refractivity contribution in [3.63, 3.8) is 0 Å². The standard InChI is InChI=1S/C14H17NO2/c1-16-13-5-3-4-10-11(13)6-7-14(17-2)12(10)8-9-15/h3-7H,8-9,15H2,1-2H3. The van der Waals surface area contributed by atoms with E-state index in [0.29, 0.717) is 6.54 Å². The summed E-state index contributed by atoms with van der Waals surface area (Å²) >= 11 is 0. The Morgan fingerprint density at radius 2 is 1.71 bits per heavy atom. The summed E-state index contributed by atoms with van der Waals surface area (Å²) in [5.41, 5.74) is 6.80. The normalized spacial score (nSPS) is 10.5. The summed E-state index contributed by atoms with van der Waals surface area (Å²) in [4.78, 5) is 0. The fourth-order valence-electron chi connectivity index (χ4n) is 2.14. The van der Waals surface area contributed by atoms with Crippen LogP contribution in [0, 0.1) is 0 Å². The van der Waals surface area contributed by atoms with Gasteiger partial charge in [-0.05, 0) is 36.6 Å². The summed E-state index contributed by atoms with van der Waals surface area (Å²) in [6.07, 6.45) is 0.799. The van der Waals surface area contributed by atoms with Crippen molar-refractivity contribution in [1.82, 2.24) is 0 Å². The maximum atomic E-state index is 5.66. The molecule has 0 aliphatic heterocycles. The van der Waals surface area contributed by atoms with Crippen molar-refractivity contribution in [3.8, 4) is 11.5 Å². The van der Waals surface area contributed by atoms with Crippen LogP contribution in [0.1, 0.15) is 5.56 Å². The van der Waals surface area contributed by atoms with E-state index in [0.717, 1.165) is 34.3 Å². The molecule has 3 heteroatoms. The van der Waals surface area contributed by atoms with Crippen molar-refractivity contribution in [2.24, 2.45) is 5.73 Å². The van der Waals surface area contributed by atoms with Crippen molar-refractivity contribution in [3.05, 3.63) is 35.9 Å². The Balaban J connectivity index is 2.71. The first-order valence-electron chi connectivity index (χ1n) is 5.64. The van der Waals surface area contributed by atoms with Gasteiger partial charge in [0.2, 0.25) is 0 Å². The van der Waals surface area contributed by atoms with E-state index in [2.05, 4.69) is 6.07 Å². The minimum Gasteiger partial charge on any atom is -0.496 e. The highest BCUT2D eigenvalue weighted by Crippen LogP contribution is 2.33. The van der Waals surface area contributed by atoms with E-state index in [1.54, 1.807) is 14.2 Å². The molecule has 2 aromatic rings. The second-order valence-electron chi connectivity index (χ2n) is 3.84.